The van der Waals surface area contributed by atoms with Crippen molar-refractivity contribution < 1.29 is 9.53 Å². The molecule has 10 nitrogen and oxygen atoms in total. The Bertz CT molecular complexity index is 1360. The van der Waals surface area contributed by atoms with Crippen LogP contribution in [-0.2, 0) is 17.9 Å². The number of aryl methyl sites for hydroxylation is 1. The molecule has 11 heteroatoms. The summed E-state index contributed by atoms with van der Waals surface area (Å²) in [7, 11) is 1.62. The maximum Gasteiger partial charge on any atom is 0.260 e. The van der Waals surface area contributed by atoms with Gasteiger partial charge in [-0.15, -0.1) is 0 Å². The van der Waals surface area contributed by atoms with Crippen LogP contribution in [0.5, 0.6) is 5.75 Å². The third-order valence-corrected chi connectivity index (χ3v) is 7.31. The number of carbonyl (C=O) groups is 1. The van der Waals surface area contributed by atoms with Crippen LogP contribution in [0, 0.1) is 13.8 Å². The third-order valence-electron chi connectivity index (χ3n) is 7.04. The van der Waals surface area contributed by atoms with Crippen molar-refractivity contribution in [1.29, 1.82) is 0 Å². The molecule has 1 amide bonds. The molecule has 0 bridgehead atoms. The van der Waals surface area contributed by atoms with Gasteiger partial charge in [-0.05, 0) is 32.8 Å². The van der Waals surface area contributed by atoms with Gasteiger partial charge in [-0.3, -0.25) is 14.7 Å². The van der Waals surface area contributed by atoms with E-state index >= 15 is 0 Å². The number of anilines is 2. The van der Waals surface area contributed by atoms with E-state index in [2.05, 4.69) is 30.2 Å². The molecule has 37 heavy (non-hydrogen) atoms. The van der Waals surface area contributed by atoms with Crippen LogP contribution >= 0.6 is 11.6 Å². The quantitative estimate of drug-likeness (QED) is 0.313. The summed E-state index contributed by atoms with van der Waals surface area (Å²) < 4.78 is 5.54. The average Bonchev–Trinajstić information content (AvgIpc) is 3.43. The van der Waals surface area contributed by atoms with Gasteiger partial charge in [0.05, 0.1) is 30.5 Å². The van der Waals surface area contributed by atoms with Crippen molar-refractivity contribution in [1.82, 2.24) is 30.2 Å². The van der Waals surface area contributed by atoms with Crippen molar-refractivity contribution >= 4 is 40.9 Å². The monoisotopic (exact) mass is 522 g/mol. The number of halogens is 1. The van der Waals surface area contributed by atoms with Crippen molar-refractivity contribution in [2.24, 2.45) is 0 Å². The maximum atomic E-state index is 13.7. The van der Waals surface area contributed by atoms with Gasteiger partial charge in [-0.2, -0.15) is 4.98 Å². The van der Waals surface area contributed by atoms with Gasteiger partial charge in [0.2, 0.25) is 5.95 Å². The Hall–Kier alpha value is -3.50. The van der Waals surface area contributed by atoms with Crippen LogP contribution in [0.15, 0.2) is 12.4 Å². The number of imidazole rings is 1. The predicted octanol–water partition coefficient (Wildman–Crippen LogP) is 3.97. The number of fused-ring (bicyclic) bond motifs is 1. The van der Waals surface area contributed by atoms with Crippen molar-refractivity contribution in [2.75, 3.05) is 17.7 Å². The lowest BCUT2D eigenvalue weighted by molar-refractivity contribution is -0.113. The van der Waals surface area contributed by atoms with E-state index in [9.17, 15) is 4.79 Å². The zero-order valence-electron chi connectivity index (χ0n) is 21.3. The number of methoxy groups -OCH3 is 1. The van der Waals surface area contributed by atoms with Crippen LogP contribution in [0.2, 0.25) is 5.15 Å². The first kappa shape index (κ1) is 25.2. The molecule has 1 fully saturated rings. The van der Waals surface area contributed by atoms with Gasteiger partial charge in [-0.25, -0.2) is 9.97 Å². The van der Waals surface area contributed by atoms with Gasteiger partial charge in [0, 0.05) is 41.8 Å². The molecule has 0 saturated heterocycles. The number of aromatic amines is 1. The molecule has 194 valence electrons. The van der Waals surface area contributed by atoms with Crippen LogP contribution in [0.3, 0.4) is 0 Å². The Kier molecular flexibility index (Phi) is 7.12. The fraction of sp³-hybridized carbons (Fsp3) is 0.423. The molecule has 0 atom stereocenters. The van der Waals surface area contributed by atoms with Crippen LogP contribution in [0.1, 0.15) is 66.0 Å². The number of pyridine rings is 1. The standard InChI is InChI=1S/C26H31ClN8O2/c1-14-10-30-19(15(2)22(14)37-3)13-35-24-21(23(27)33-26(28)34-24)18(25(35)36)9-20-31-12-17(32-20)11-29-16-7-5-4-6-8-16/h9-10,12,16,29H,4-8,11,13H2,1-3H3,(H,31,32)(H2,28,33,34)/b18-9-. The number of carbonyl (C=O) groups excluding carboxylic acids is 1. The van der Waals surface area contributed by atoms with Crippen LogP contribution in [-0.4, -0.2) is 44.0 Å². The van der Waals surface area contributed by atoms with E-state index in [4.69, 9.17) is 22.1 Å². The Morgan fingerprint density at radius 2 is 2.00 bits per heavy atom. The molecule has 3 aromatic rings. The van der Waals surface area contributed by atoms with Gasteiger partial charge in [0.15, 0.2) is 5.82 Å². The number of nitrogens with one attached hydrogen (secondary N) is 2. The minimum atomic E-state index is -0.282. The number of hydrogen-bond donors (Lipinski definition) is 3. The van der Waals surface area contributed by atoms with Crippen LogP contribution in [0.25, 0.3) is 11.6 Å². The lowest BCUT2D eigenvalue weighted by atomic mass is 9.95. The summed E-state index contributed by atoms with van der Waals surface area (Å²) in [6.07, 6.45) is 11.5. The van der Waals surface area contributed by atoms with E-state index in [1.54, 1.807) is 25.6 Å². The molecule has 3 aromatic heterocycles. The normalized spacial score (nSPS) is 17.0. The second-order valence-corrected chi connectivity index (χ2v) is 9.93. The van der Waals surface area contributed by atoms with Crippen molar-refractivity contribution in [3.05, 3.63) is 51.4 Å². The van der Waals surface area contributed by atoms with Gasteiger partial charge in [-0.1, -0.05) is 30.9 Å². The van der Waals surface area contributed by atoms with Crippen molar-refractivity contribution in [2.45, 2.75) is 65.1 Å². The molecule has 0 unspecified atom stereocenters. The Morgan fingerprint density at radius 3 is 2.76 bits per heavy atom. The Labute approximate surface area is 220 Å². The number of rotatable bonds is 7. The summed E-state index contributed by atoms with van der Waals surface area (Å²) >= 11 is 6.48. The number of nitrogens with two attached hydrogens (primary N) is 1. The molecule has 0 radical (unpaired) electrons. The SMILES string of the molecule is COc1c(C)cnc(CN2C(=O)/C(=C\c3ncc(CNC4CCCCC4)[nH]3)c3c(Cl)nc(N)nc32)c1C. The van der Waals surface area contributed by atoms with E-state index in [1.165, 1.54) is 37.0 Å². The van der Waals surface area contributed by atoms with Crippen molar-refractivity contribution in [3.63, 3.8) is 0 Å². The molecule has 4 N–H and O–H groups in total. The molecule has 1 saturated carbocycles. The van der Waals surface area contributed by atoms with E-state index in [-0.39, 0.29) is 23.6 Å². The smallest absolute Gasteiger partial charge is 0.260 e. The van der Waals surface area contributed by atoms with Gasteiger partial charge < -0.3 is 20.8 Å². The molecule has 2 aliphatic rings. The number of hydrogen-bond acceptors (Lipinski definition) is 8. The minimum absolute atomic E-state index is 0.0111. The highest BCUT2D eigenvalue weighted by atomic mass is 35.5. The average molecular weight is 523 g/mol. The van der Waals surface area contributed by atoms with Gasteiger partial charge in [0.25, 0.3) is 5.91 Å². The molecule has 1 aliphatic heterocycles. The number of amides is 1. The first-order valence-electron chi connectivity index (χ1n) is 12.5. The predicted molar refractivity (Wildman–Crippen MR) is 143 cm³/mol. The summed E-state index contributed by atoms with van der Waals surface area (Å²) in [5, 5.41) is 3.71. The second kappa shape index (κ2) is 10.5. The van der Waals surface area contributed by atoms with Gasteiger partial charge >= 0.3 is 0 Å². The summed E-state index contributed by atoms with van der Waals surface area (Å²) in [5.74, 6) is 1.34. The number of H-pyrrole nitrogens is 1. The molecule has 0 aromatic carbocycles. The van der Waals surface area contributed by atoms with E-state index in [0.29, 0.717) is 41.1 Å². The molecule has 4 heterocycles. The highest BCUT2D eigenvalue weighted by Crippen LogP contribution is 2.41. The summed E-state index contributed by atoms with van der Waals surface area (Å²) in [6, 6.07) is 0.537. The highest BCUT2D eigenvalue weighted by molar-refractivity contribution is 6.41. The maximum absolute atomic E-state index is 13.7. The summed E-state index contributed by atoms with van der Waals surface area (Å²) in [6.45, 7) is 4.71. The molecule has 0 spiro atoms. The highest BCUT2D eigenvalue weighted by Gasteiger charge is 2.37. The van der Waals surface area contributed by atoms with E-state index in [1.807, 2.05) is 13.8 Å². The Morgan fingerprint density at radius 1 is 1.22 bits per heavy atom. The van der Waals surface area contributed by atoms with Crippen molar-refractivity contribution in [3.8, 4) is 5.75 Å². The summed E-state index contributed by atoms with van der Waals surface area (Å²) in [5.41, 5.74) is 10.1. The number of nitrogen functional groups attached to an aromatic ring is 1. The number of ether oxygens (including phenoxy) is 1. The largest absolute Gasteiger partial charge is 0.496 e. The molecular formula is C26H31ClN8O2. The second-order valence-electron chi connectivity index (χ2n) is 9.58. The molecular weight excluding hydrogens is 492 g/mol. The minimum Gasteiger partial charge on any atom is -0.496 e. The lowest BCUT2D eigenvalue weighted by Crippen LogP contribution is -2.30. The topological polar surface area (TPSA) is 135 Å². The zero-order valence-corrected chi connectivity index (χ0v) is 22.0. The van der Waals surface area contributed by atoms with Gasteiger partial charge in [0.1, 0.15) is 16.7 Å². The molecule has 1 aliphatic carbocycles. The Balaban J connectivity index is 1.44. The zero-order chi connectivity index (χ0) is 26.1. The van der Waals surface area contributed by atoms with Crippen LogP contribution < -0.4 is 20.7 Å². The fourth-order valence-corrected chi connectivity index (χ4v) is 5.38. The van der Waals surface area contributed by atoms with E-state index in [0.717, 1.165) is 22.6 Å². The summed E-state index contributed by atoms with van der Waals surface area (Å²) in [4.78, 5) is 36.0. The number of nitrogens with zero attached hydrogens (tertiary/aromatic N) is 5. The number of aromatic nitrogens is 5. The first-order valence-corrected chi connectivity index (χ1v) is 12.9. The first-order chi connectivity index (χ1) is 17.9. The fourth-order valence-electron chi connectivity index (χ4n) is 5.11. The van der Waals surface area contributed by atoms with Crippen LogP contribution in [0.4, 0.5) is 11.8 Å². The third kappa shape index (κ3) is 5.03. The molecule has 5 rings (SSSR count). The lowest BCUT2D eigenvalue weighted by Gasteiger charge is -2.22. The van der Waals surface area contributed by atoms with E-state index < -0.39 is 0 Å².